The Kier molecular flexibility index (Phi) is 7.37. The highest BCUT2D eigenvalue weighted by Gasteiger charge is 2.22. The highest BCUT2D eigenvalue weighted by molar-refractivity contribution is 7.15. The van der Waals surface area contributed by atoms with Crippen LogP contribution < -0.4 is 15.6 Å². The van der Waals surface area contributed by atoms with Gasteiger partial charge in [-0.25, -0.2) is 9.67 Å². The van der Waals surface area contributed by atoms with Gasteiger partial charge in [0.2, 0.25) is 0 Å². The average molecular weight is 469 g/mol. The summed E-state index contributed by atoms with van der Waals surface area (Å²) in [7, 11) is 0. The summed E-state index contributed by atoms with van der Waals surface area (Å²) in [5.74, 6) is 0.463. The molecule has 0 aliphatic carbocycles. The van der Waals surface area contributed by atoms with Gasteiger partial charge in [0, 0.05) is 12.6 Å². The predicted molar refractivity (Wildman–Crippen MR) is 132 cm³/mol. The number of hydrogen-bond acceptors (Lipinski definition) is 6. The monoisotopic (exact) mass is 468 g/mol. The average Bonchev–Trinajstić information content (AvgIpc) is 3.07. The van der Waals surface area contributed by atoms with Gasteiger partial charge in [-0.3, -0.25) is 9.59 Å². The summed E-state index contributed by atoms with van der Waals surface area (Å²) in [6.45, 7) is 14.5. The minimum atomic E-state index is -0.673. The van der Waals surface area contributed by atoms with Crippen LogP contribution in [0.1, 0.15) is 49.5 Å². The Labute approximate surface area is 198 Å². The van der Waals surface area contributed by atoms with E-state index in [1.54, 1.807) is 24.3 Å². The van der Waals surface area contributed by atoms with Crippen LogP contribution in [0.15, 0.2) is 35.1 Å². The second-order valence-corrected chi connectivity index (χ2v) is 10.4. The first-order valence-corrected chi connectivity index (χ1v) is 11.9. The molecule has 2 aromatic heterocycles. The number of rotatable bonds is 7. The van der Waals surface area contributed by atoms with Gasteiger partial charge in [0.25, 0.3) is 11.5 Å². The van der Waals surface area contributed by atoms with Crippen LogP contribution in [0.25, 0.3) is 10.6 Å². The Morgan fingerprint density at radius 3 is 2.55 bits per heavy atom. The van der Waals surface area contributed by atoms with Crippen molar-refractivity contribution in [2.24, 2.45) is 0 Å². The molecule has 0 saturated carbocycles. The molecule has 176 valence electrons. The van der Waals surface area contributed by atoms with Gasteiger partial charge in [0.05, 0.1) is 22.1 Å². The van der Waals surface area contributed by atoms with Gasteiger partial charge in [-0.15, -0.1) is 11.3 Å². The first-order chi connectivity index (χ1) is 15.5. The molecule has 0 fully saturated rings. The fourth-order valence-electron chi connectivity index (χ4n) is 3.50. The number of hydrogen-bond donors (Lipinski definition) is 1. The quantitative estimate of drug-likeness (QED) is 0.562. The molecule has 1 atom stereocenters. The van der Waals surface area contributed by atoms with Gasteiger partial charge >= 0.3 is 0 Å². The lowest BCUT2D eigenvalue weighted by atomic mass is 9.85. The maximum Gasteiger partial charge on any atom is 0.266 e. The Balaban J connectivity index is 1.64. The molecule has 3 aromatic rings. The first-order valence-electron chi connectivity index (χ1n) is 11.0. The van der Waals surface area contributed by atoms with E-state index in [9.17, 15) is 9.59 Å². The maximum absolute atomic E-state index is 12.6. The first kappa shape index (κ1) is 24.6. The van der Waals surface area contributed by atoms with Crippen molar-refractivity contribution in [3.05, 3.63) is 62.5 Å². The van der Waals surface area contributed by atoms with Crippen molar-refractivity contribution in [2.75, 3.05) is 6.54 Å². The molecule has 1 amide bonds. The minimum Gasteiger partial charge on any atom is -0.481 e. The number of nitrogens with zero attached hydrogens (tertiary/aromatic N) is 3. The maximum atomic E-state index is 12.6. The molecule has 0 bridgehead atoms. The van der Waals surface area contributed by atoms with E-state index < -0.39 is 6.10 Å². The molecule has 1 unspecified atom stereocenters. The van der Waals surface area contributed by atoms with Crippen molar-refractivity contribution in [1.82, 2.24) is 20.1 Å². The Hall–Kier alpha value is -3.00. The SMILES string of the molecule is Cc1ccc(OC(C)C(=O)NCCn2nc(-c3sc(C)nc3C)ccc2=O)c(C(C)(C)C)c1. The van der Waals surface area contributed by atoms with E-state index in [0.717, 1.165) is 26.7 Å². The fraction of sp³-hybridized carbons (Fsp3) is 0.440. The van der Waals surface area contributed by atoms with Gasteiger partial charge in [0.1, 0.15) is 11.4 Å². The number of nitrogens with one attached hydrogen (secondary N) is 1. The molecule has 7 nitrogen and oxygen atoms in total. The van der Waals surface area contributed by atoms with Crippen molar-refractivity contribution < 1.29 is 9.53 Å². The van der Waals surface area contributed by atoms with Crippen molar-refractivity contribution in [1.29, 1.82) is 0 Å². The lowest BCUT2D eigenvalue weighted by molar-refractivity contribution is -0.127. The van der Waals surface area contributed by atoms with Crippen LogP contribution in [0.2, 0.25) is 0 Å². The molecule has 1 aromatic carbocycles. The third kappa shape index (κ3) is 6.07. The zero-order valence-corrected chi connectivity index (χ0v) is 21.2. The van der Waals surface area contributed by atoms with Crippen LogP contribution in [0.4, 0.5) is 0 Å². The second kappa shape index (κ2) is 9.87. The zero-order valence-electron chi connectivity index (χ0n) is 20.4. The zero-order chi connectivity index (χ0) is 24.3. The molecular weight excluding hydrogens is 436 g/mol. The van der Waals surface area contributed by atoms with E-state index in [1.807, 2.05) is 32.9 Å². The summed E-state index contributed by atoms with van der Waals surface area (Å²) < 4.78 is 7.37. The Bertz CT molecular complexity index is 1210. The Morgan fingerprint density at radius 1 is 1.18 bits per heavy atom. The summed E-state index contributed by atoms with van der Waals surface area (Å²) >= 11 is 1.54. The van der Waals surface area contributed by atoms with Crippen molar-refractivity contribution in [2.45, 2.75) is 66.5 Å². The molecule has 0 radical (unpaired) electrons. The van der Waals surface area contributed by atoms with E-state index in [4.69, 9.17) is 4.74 Å². The summed E-state index contributed by atoms with van der Waals surface area (Å²) in [5.41, 5.74) is 3.47. The van der Waals surface area contributed by atoms with Crippen molar-refractivity contribution in [3.8, 4) is 16.3 Å². The van der Waals surface area contributed by atoms with Crippen LogP contribution in [-0.4, -0.2) is 33.3 Å². The molecular formula is C25H32N4O3S. The van der Waals surface area contributed by atoms with Crippen LogP contribution in [0.3, 0.4) is 0 Å². The largest absolute Gasteiger partial charge is 0.481 e. The predicted octanol–water partition coefficient (Wildman–Crippen LogP) is 4.17. The van der Waals surface area contributed by atoms with Gasteiger partial charge in [-0.1, -0.05) is 38.5 Å². The number of aromatic nitrogens is 3. The van der Waals surface area contributed by atoms with E-state index in [1.165, 1.54) is 10.7 Å². The van der Waals surface area contributed by atoms with E-state index in [-0.39, 0.29) is 30.0 Å². The summed E-state index contributed by atoms with van der Waals surface area (Å²) in [4.78, 5) is 30.3. The normalized spacial score (nSPS) is 12.5. The molecule has 0 saturated heterocycles. The summed E-state index contributed by atoms with van der Waals surface area (Å²) in [5, 5.41) is 8.26. The topological polar surface area (TPSA) is 86.1 Å². The number of thiazole rings is 1. The summed E-state index contributed by atoms with van der Waals surface area (Å²) in [6.07, 6.45) is -0.673. The minimum absolute atomic E-state index is 0.107. The van der Waals surface area contributed by atoms with Crippen molar-refractivity contribution in [3.63, 3.8) is 0 Å². The van der Waals surface area contributed by atoms with Gasteiger partial charge in [-0.2, -0.15) is 5.10 Å². The number of ether oxygens (including phenoxy) is 1. The van der Waals surface area contributed by atoms with E-state index >= 15 is 0 Å². The molecule has 33 heavy (non-hydrogen) atoms. The van der Waals surface area contributed by atoms with Gasteiger partial charge < -0.3 is 10.1 Å². The number of carbonyl (C=O) groups is 1. The molecule has 0 aliphatic rings. The molecule has 3 rings (SSSR count). The smallest absolute Gasteiger partial charge is 0.266 e. The molecule has 0 spiro atoms. The van der Waals surface area contributed by atoms with Gasteiger partial charge in [-0.05, 0) is 50.8 Å². The van der Waals surface area contributed by atoms with Crippen LogP contribution in [-0.2, 0) is 16.8 Å². The number of aryl methyl sites for hydroxylation is 3. The molecule has 1 N–H and O–H groups in total. The molecule has 2 heterocycles. The number of carbonyl (C=O) groups excluding carboxylic acids is 1. The van der Waals surface area contributed by atoms with E-state index in [0.29, 0.717) is 11.4 Å². The molecule has 8 heteroatoms. The van der Waals surface area contributed by atoms with Crippen LogP contribution >= 0.6 is 11.3 Å². The highest BCUT2D eigenvalue weighted by atomic mass is 32.1. The number of amides is 1. The van der Waals surface area contributed by atoms with E-state index in [2.05, 4.69) is 42.2 Å². The standard InChI is InChI=1S/C25H32N4O3S/c1-15-8-10-21(19(14-15)25(5,6)7)32-17(3)24(31)26-12-13-29-22(30)11-9-20(28-29)23-16(2)27-18(4)33-23/h8-11,14,17H,12-13H2,1-7H3,(H,26,31). The third-order valence-electron chi connectivity index (χ3n) is 5.24. The fourth-order valence-corrected chi connectivity index (χ4v) is 4.39. The highest BCUT2D eigenvalue weighted by Crippen LogP contribution is 2.32. The van der Waals surface area contributed by atoms with Crippen LogP contribution in [0.5, 0.6) is 5.75 Å². The van der Waals surface area contributed by atoms with Gasteiger partial charge in [0.15, 0.2) is 6.10 Å². The summed E-state index contributed by atoms with van der Waals surface area (Å²) in [6, 6.07) is 9.19. The lowest BCUT2D eigenvalue weighted by Crippen LogP contribution is -2.39. The second-order valence-electron chi connectivity index (χ2n) is 9.23. The number of benzene rings is 1. The Morgan fingerprint density at radius 2 is 1.91 bits per heavy atom. The third-order valence-corrected chi connectivity index (χ3v) is 6.34. The lowest BCUT2D eigenvalue weighted by Gasteiger charge is -2.25. The molecule has 0 aliphatic heterocycles. The van der Waals surface area contributed by atoms with Crippen molar-refractivity contribution >= 4 is 17.2 Å². The van der Waals surface area contributed by atoms with Crippen LogP contribution in [0, 0.1) is 20.8 Å².